The van der Waals surface area contributed by atoms with Crippen LogP contribution < -0.4 is 10.3 Å². The smallest absolute Gasteiger partial charge is 0.272 e. The Labute approximate surface area is 120 Å². The van der Waals surface area contributed by atoms with Gasteiger partial charge < -0.3 is 9.72 Å². The number of nitro groups is 1. The van der Waals surface area contributed by atoms with Gasteiger partial charge in [-0.25, -0.2) is 4.98 Å². The highest BCUT2D eigenvalue weighted by molar-refractivity contribution is 14.1. The monoisotopic (exact) mass is 373 g/mol. The van der Waals surface area contributed by atoms with Gasteiger partial charge in [0.1, 0.15) is 9.32 Å². The number of aromatic amines is 1. The Kier molecular flexibility index (Phi) is 3.79. The average molecular weight is 373 g/mol. The van der Waals surface area contributed by atoms with Crippen molar-refractivity contribution in [3.8, 4) is 11.6 Å². The number of aromatic nitrogens is 2. The molecule has 2 rings (SSSR count). The van der Waals surface area contributed by atoms with Gasteiger partial charge in [-0.15, -0.1) is 0 Å². The molecule has 7 nitrogen and oxygen atoms in total. The molecule has 8 heteroatoms. The number of hydrogen-bond donors (Lipinski definition) is 1. The Balaban J connectivity index is 2.34. The minimum atomic E-state index is -0.464. The molecule has 0 atom stereocenters. The van der Waals surface area contributed by atoms with Crippen LogP contribution in [-0.4, -0.2) is 14.9 Å². The molecule has 0 spiro atoms. The first-order valence-corrected chi connectivity index (χ1v) is 6.23. The van der Waals surface area contributed by atoms with Crippen molar-refractivity contribution in [1.29, 1.82) is 0 Å². The maximum atomic E-state index is 11.4. The number of nitrogens with one attached hydrogen (secondary N) is 1. The zero-order valence-electron chi connectivity index (χ0n) is 9.71. The molecule has 0 radical (unpaired) electrons. The van der Waals surface area contributed by atoms with E-state index in [9.17, 15) is 14.9 Å². The highest BCUT2D eigenvalue weighted by atomic mass is 127. The van der Waals surface area contributed by atoms with Crippen LogP contribution in [0.25, 0.3) is 0 Å². The summed E-state index contributed by atoms with van der Waals surface area (Å²) in [6.45, 7) is 1.61. The normalized spacial score (nSPS) is 10.2. The molecule has 0 aliphatic carbocycles. The molecule has 0 saturated carbocycles. The fraction of sp³-hybridized carbons (Fsp3) is 0.0909. The van der Waals surface area contributed by atoms with Gasteiger partial charge in [-0.3, -0.25) is 14.9 Å². The Hall–Kier alpha value is -1.97. The topological polar surface area (TPSA) is 98.1 Å². The molecule has 1 aromatic heterocycles. The summed E-state index contributed by atoms with van der Waals surface area (Å²) in [5.41, 5.74) is 0.187. The second-order valence-electron chi connectivity index (χ2n) is 3.66. The summed E-state index contributed by atoms with van der Waals surface area (Å²) in [6, 6.07) is 4.34. The van der Waals surface area contributed by atoms with Gasteiger partial charge in [-0.05, 0) is 41.6 Å². The first-order valence-electron chi connectivity index (χ1n) is 5.15. The van der Waals surface area contributed by atoms with Crippen LogP contribution in [0, 0.1) is 20.6 Å². The van der Waals surface area contributed by atoms with Crippen molar-refractivity contribution in [2.24, 2.45) is 0 Å². The summed E-state index contributed by atoms with van der Waals surface area (Å²) in [7, 11) is 0. The molecule has 1 aromatic carbocycles. The highest BCUT2D eigenvalue weighted by Crippen LogP contribution is 2.27. The van der Waals surface area contributed by atoms with Crippen molar-refractivity contribution in [1.82, 2.24) is 9.97 Å². The van der Waals surface area contributed by atoms with Crippen LogP contribution in [-0.2, 0) is 0 Å². The van der Waals surface area contributed by atoms with E-state index in [4.69, 9.17) is 4.74 Å². The number of ether oxygens (including phenoxy) is 1. The lowest BCUT2D eigenvalue weighted by Crippen LogP contribution is -2.11. The summed E-state index contributed by atoms with van der Waals surface area (Å²) in [6.07, 6.45) is 1.23. The van der Waals surface area contributed by atoms with Crippen molar-refractivity contribution in [3.63, 3.8) is 0 Å². The molecule has 0 bridgehead atoms. The van der Waals surface area contributed by atoms with Gasteiger partial charge in [-0.1, -0.05) is 0 Å². The van der Waals surface area contributed by atoms with Crippen molar-refractivity contribution in [2.75, 3.05) is 0 Å². The largest absolute Gasteiger partial charge is 0.438 e. The molecule has 2 aromatic rings. The van der Waals surface area contributed by atoms with Gasteiger partial charge in [0.15, 0.2) is 0 Å². The third kappa shape index (κ3) is 2.89. The molecular formula is C11H8IN3O4. The third-order valence-electron chi connectivity index (χ3n) is 2.34. The van der Waals surface area contributed by atoms with E-state index in [1.807, 2.05) is 22.6 Å². The van der Waals surface area contributed by atoms with E-state index in [0.29, 0.717) is 14.9 Å². The van der Waals surface area contributed by atoms with Gasteiger partial charge in [0, 0.05) is 11.6 Å². The Morgan fingerprint density at radius 1 is 1.47 bits per heavy atom. The van der Waals surface area contributed by atoms with Crippen LogP contribution in [0.15, 0.2) is 29.3 Å². The SMILES string of the molecule is Cc1cc(Oc2nc[nH]c(=O)c2I)ccc1[N+](=O)[O-]. The fourth-order valence-corrected chi connectivity index (χ4v) is 1.85. The maximum Gasteiger partial charge on any atom is 0.272 e. The molecule has 1 N–H and O–H groups in total. The maximum absolute atomic E-state index is 11.4. The minimum absolute atomic E-state index is 0.0147. The lowest BCUT2D eigenvalue weighted by atomic mass is 10.2. The zero-order valence-corrected chi connectivity index (χ0v) is 11.9. The molecule has 0 aliphatic heterocycles. The number of hydrogen-bond acceptors (Lipinski definition) is 5. The minimum Gasteiger partial charge on any atom is -0.438 e. The van der Waals surface area contributed by atoms with Gasteiger partial charge in [0.05, 0.1) is 11.3 Å². The number of rotatable bonds is 3. The predicted octanol–water partition coefficient (Wildman–Crippen LogP) is 2.38. The van der Waals surface area contributed by atoms with Crippen LogP contribution in [0.5, 0.6) is 11.6 Å². The van der Waals surface area contributed by atoms with E-state index >= 15 is 0 Å². The van der Waals surface area contributed by atoms with E-state index in [1.165, 1.54) is 24.5 Å². The molecular weight excluding hydrogens is 365 g/mol. The van der Waals surface area contributed by atoms with Crippen LogP contribution in [0.3, 0.4) is 0 Å². The summed E-state index contributed by atoms with van der Waals surface area (Å²) < 4.78 is 5.76. The van der Waals surface area contributed by atoms with E-state index in [0.717, 1.165) is 0 Å². The second kappa shape index (κ2) is 5.34. The summed E-state index contributed by atoms with van der Waals surface area (Å²) in [5, 5.41) is 10.7. The first-order chi connectivity index (χ1) is 8.99. The predicted molar refractivity (Wildman–Crippen MR) is 75.5 cm³/mol. The lowest BCUT2D eigenvalue weighted by Gasteiger charge is -2.06. The molecule has 1 heterocycles. The molecule has 19 heavy (non-hydrogen) atoms. The van der Waals surface area contributed by atoms with E-state index in [-0.39, 0.29) is 17.1 Å². The standard InChI is InChI=1S/C11H8IN3O4/c1-6-4-7(2-3-8(6)15(17)18)19-11-9(12)10(16)13-5-14-11/h2-5H,1H3,(H,13,14,16). The molecule has 0 fully saturated rings. The van der Waals surface area contributed by atoms with Gasteiger partial charge in [0.2, 0.25) is 5.88 Å². The number of nitrogens with zero attached hydrogens (tertiary/aromatic N) is 2. The Bertz CT molecular complexity index is 699. The van der Waals surface area contributed by atoms with Gasteiger partial charge >= 0.3 is 0 Å². The number of benzene rings is 1. The zero-order chi connectivity index (χ0) is 14.0. The van der Waals surface area contributed by atoms with E-state index < -0.39 is 4.92 Å². The summed E-state index contributed by atoms with van der Waals surface area (Å²) in [4.78, 5) is 27.9. The van der Waals surface area contributed by atoms with Crippen molar-refractivity contribution in [3.05, 3.63) is 54.1 Å². The van der Waals surface area contributed by atoms with E-state index in [1.54, 1.807) is 6.92 Å². The van der Waals surface area contributed by atoms with Crippen molar-refractivity contribution >= 4 is 28.3 Å². The number of nitro benzene ring substituents is 1. The van der Waals surface area contributed by atoms with Crippen LogP contribution in [0.1, 0.15) is 5.56 Å². The second-order valence-corrected chi connectivity index (χ2v) is 4.74. The number of H-pyrrole nitrogens is 1. The molecule has 0 aliphatic rings. The number of halogens is 1. The summed E-state index contributed by atoms with van der Waals surface area (Å²) in [5.74, 6) is 0.553. The van der Waals surface area contributed by atoms with Crippen LogP contribution in [0.2, 0.25) is 0 Å². The van der Waals surface area contributed by atoms with Crippen LogP contribution >= 0.6 is 22.6 Å². The average Bonchev–Trinajstić information content (AvgIpc) is 2.34. The lowest BCUT2D eigenvalue weighted by molar-refractivity contribution is -0.385. The Morgan fingerprint density at radius 3 is 2.84 bits per heavy atom. The van der Waals surface area contributed by atoms with Crippen molar-refractivity contribution in [2.45, 2.75) is 6.92 Å². The fourth-order valence-electron chi connectivity index (χ4n) is 1.45. The highest BCUT2D eigenvalue weighted by Gasteiger charge is 2.13. The molecule has 0 amide bonds. The first kappa shape index (κ1) is 13.5. The number of aryl methyl sites for hydroxylation is 1. The van der Waals surface area contributed by atoms with Crippen LogP contribution in [0.4, 0.5) is 5.69 Å². The van der Waals surface area contributed by atoms with Gasteiger partial charge in [0.25, 0.3) is 11.2 Å². The van der Waals surface area contributed by atoms with Gasteiger partial charge in [-0.2, -0.15) is 0 Å². The quantitative estimate of drug-likeness (QED) is 0.506. The molecule has 0 saturated heterocycles. The summed E-state index contributed by atoms with van der Waals surface area (Å²) >= 11 is 1.82. The van der Waals surface area contributed by atoms with Crippen molar-refractivity contribution < 1.29 is 9.66 Å². The Morgan fingerprint density at radius 2 is 2.21 bits per heavy atom. The van der Waals surface area contributed by atoms with E-state index in [2.05, 4.69) is 9.97 Å². The third-order valence-corrected chi connectivity index (χ3v) is 3.30. The molecule has 98 valence electrons. The molecule has 0 unspecified atom stereocenters.